The zero-order valence-electron chi connectivity index (χ0n) is 12.9. The van der Waals surface area contributed by atoms with Crippen LogP contribution in [0, 0.1) is 5.41 Å². The third kappa shape index (κ3) is 3.52. The molecule has 0 unspecified atom stereocenters. The molecule has 1 aliphatic rings. The van der Waals surface area contributed by atoms with Gasteiger partial charge in [0.25, 0.3) is 0 Å². The highest BCUT2D eigenvalue weighted by atomic mass is 35.5. The summed E-state index contributed by atoms with van der Waals surface area (Å²) in [5, 5.41) is 9.88. The van der Waals surface area contributed by atoms with Crippen LogP contribution in [0.4, 0.5) is 0 Å². The molecule has 1 aliphatic carbocycles. The minimum Gasteiger partial charge on any atom is -0.495 e. The summed E-state index contributed by atoms with van der Waals surface area (Å²) in [4.78, 5) is 11.3. The molecule has 0 spiro atoms. The first-order valence-electron chi connectivity index (χ1n) is 7.45. The molecule has 21 heavy (non-hydrogen) atoms. The Bertz CT molecular complexity index is 531. The molecule has 4 heteroatoms. The molecule has 116 valence electrons. The second kappa shape index (κ2) is 6.27. The van der Waals surface area contributed by atoms with Crippen LogP contribution in [-0.2, 0) is 11.2 Å². The van der Waals surface area contributed by atoms with E-state index in [1.165, 1.54) is 12.8 Å². The Morgan fingerprint density at radius 3 is 2.52 bits per heavy atom. The van der Waals surface area contributed by atoms with Crippen molar-refractivity contribution >= 4 is 17.6 Å². The second-order valence-electron chi connectivity index (χ2n) is 6.55. The molecule has 1 aromatic rings. The van der Waals surface area contributed by atoms with Gasteiger partial charge in [0.15, 0.2) is 0 Å². The van der Waals surface area contributed by atoms with Crippen molar-refractivity contribution in [3.8, 4) is 5.75 Å². The van der Waals surface area contributed by atoms with Crippen molar-refractivity contribution < 1.29 is 14.6 Å². The van der Waals surface area contributed by atoms with Crippen LogP contribution in [0.2, 0.25) is 5.02 Å². The van der Waals surface area contributed by atoms with E-state index < -0.39 is 11.4 Å². The molecule has 1 aromatic carbocycles. The molecule has 0 saturated heterocycles. The maximum atomic E-state index is 11.3. The summed E-state index contributed by atoms with van der Waals surface area (Å²) in [6.45, 7) is 3.48. The molecule has 0 heterocycles. The van der Waals surface area contributed by atoms with E-state index >= 15 is 0 Å². The summed E-state index contributed by atoms with van der Waals surface area (Å²) in [5.74, 6) is 0.433. The maximum absolute atomic E-state index is 11.3. The van der Waals surface area contributed by atoms with E-state index in [0.717, 1.165) is 29.7 Å². The highest BCUT2D eigenvalue weighted by Crippen LogP contribution is 2.43. The Kier molecular flexibility index (Phi) is 4.82. The molecule has 0 aromatic heterocycles. The monoisotopic (exact) mass is 310 g/mol. The highest BCUT2D eigenvalue weighted by molar-refractivity contribution is 6.32. The van der Waals surface area contributed by atoms with E-state index in [2.05, 4.69) is 6.07 Å². The average Bonchev–Trinajstić information content (AvgIpc) is 2.91. The van der Waals surface area contributed by atoms with Gasteiger partial charge in [0.05, 0.1) is 17.5 Å². The van der Waals surface area contributed by atoms with Crippen LogP contribution in [0.5, 0.6) is 5.75 Å². The summed E-state index contributed by atoms with van der Waals surface area (Å²) in [7, 11) is 1.64. The van der Waals surface area contributed by atoms with Gasteiger partial charge in [0.1, 0.15) is 5.75 Å². The predicted octanol–water partition coefficient (Wildman–Crippen LogP) is 4.66. The zero-order chi connectivity index (χ0) is 15.6. The van der Waals surface area contributed by atoms with Gasteiger partial charge in [-0.15, -0.1) is 0 Å². The molecule has 0 radical (unpaired) electrons. The van der Waals surface area contributed by atoms with E-state index in [1.807, 2.05) is 6.07 Å². The number of aliphatic carboxylic acids is 1. The first-order chi connectivity index (χ1) is 9.85. The fraction of sp³-hybridized carbons (Fsp3) is 0.588. The van der Waals surface area contributed by atoms with Gasteiger partial charge >= 0.3 is 5.97 Å². The van der Waals surface area contributed by atoms with Crippen molar-refractivity contribution in [2.24, 2.45) is 5.41 Å². The Balaban J connectivity index is 2.38. The van der Waals surface area contributed by atoms with Crippen LogP contribution in [0.25, 0.3) is 0 Å². The topological polar surface area (TPSA) is 46.5 Å². The van der Waals surface area contributed by atoms with Crippen molar-refractivity contribution in [1.82, 2.24) is 0 Å². The quantitative estimate of drug-likeness (QED) is 0.860. The molecule has 2 rings (SSSR count). The fourth-order valence-corrected chi connectivity index (χ4v) is 3.44. The number of hydrogen-bond acceptors (Lipinski definition) is 2. The number of ether oxygens (including phenoxy) is 1. The Morgan fingerprint density at radius 1 is 1.38 bits per heavy atom. The number of benzene rings is 1. The normalized spacial score (nSPS) is 16.2. The van der Waals surface area contributed by atoms with Crippen LogP contribution in [-0.4, -0.2) is 18.2 Å². The maximum Gasteiger partial charge on any atom is 0.309 e. The Hall–Kier alpha value is -1.22. The molecule has 1 saturated carbocycles. The number of carboxylic acid groups (broad SMARTS) is 1. The largest absolute Gasteiger partial charge is 0.495 e. The van der Waals surface area contributed by atoms with Crippen molar-refractivity contribution in [2.45, 2.75) is 51.9 Å². The summed E-state index contributed by atoms with van der Waals surface area (Å²) < 4.78 is 5.47. The Morgan fingerprint density at radius 2 is 2.00 bits per heavy atom. The molecule has 1 fully saturated rings. The molecule has 1 N–H and O–H groups in total. The van der Waals surface area contributed by atoms with E-state index in [1.54, 1.807) is 21.0 Å². The van der Waals surface area contributed by atoms with Gasteiger partial charge in [-0.25, -0.2) is 0 Å². The van der Waals surface area contributed by atoms with Gasteiger partial charge in [-0.1, -0.05) is 30.5 Å². The fourth-order valence-electron chi connectivity index (χ4n) is 3.12. The number of carboxylic acids is 1. The first-order valence-corrected chi connectivity index (χ1v) is 7.82. The van der Waals surface area contributed by atoms with Crippen molar-refractivity contribution in [2.75, 3.05) is 7.11 Å². The van der Waals surface area contributed by atoms with Gasteiger partial charge in [-0.3, -0.25) is 4.79 Å². The molecule has 0 bridgehead atoms. The molecule has 0 aliphatic heterocycles. The minimum absolute atomic E-state index is 0.464. The van der Waals surface area contributed by atoms with Crippen molar-refractivity contribution in [3.63, 3.8) is 0 Å². The summed E-state index contributed by atoms with van der Waals surface area (Å²) in [6, 6.07) is 3.93. The lowest BCUT2D eigenvalue weighted by Gasteiger charge is -2.22. The zero-order valence-corrected chi connectivity index (χ0v) is 13.7. The van der Waals surface area contributed by atoms with E-state index in [0.29, 0.717) is 17.4 Å². The molecule has 0 atom stereocenters. The van der Waals surface area contributed by atoms with Gasteiger partial charge < -0.3 is 9.84 Å². The number of halogens is 1. The van der Waals surface area contributed by atoms with Crippen LogP contribution in [0.3, 0.4) is 0 Å². The highest BCUT2D eigenvalue weighted by Gasteiger charge is 2.29. The van der Waals surface area contributed by atoms with Gasteiger partial charge in [-0.05, 0) is 56.2 Å². The second-order valence-corrected chi connectivity index (χ2v) is 6.95. The number of hydrogen-bond donors (Lipinski definition) is 1. The summed E-state index contributed by atoms with van der Waals surface area (Å²) in [6.07, 6.45) is 5.23. The van der Waals surface area contributed by atoms with Crippen LogP contribution < -0.4 is 4.74 Å². The lowest BCUT2D eigenvalue weighted by Crippen LogP contribution is -2.26. The molecular weight excluding hydrogens is 288 g/mol. The third-order valence-electron chi connectivity index (χ3n) is 4.36. The lowest BCUT2D eigenvalue weighted by molar-refractivity contribution is -0.146. The van der Waals surface area contributed by atoms with Crippen LogP contribution in [0.15, 0.2) is 12.1 Å². The van der Waals surface area contributed by atoms with E-state index in [4.69, 9.17) is 16.3 Å². The SMILES string of the molecule is COc1c(Cl)cc(CC(C)(C)C(=O)O)cc1C1CCCC1. The van der Waals surface area contributed by atoms with Crippen LogP contribution in [0.1, 0.15) is 56.6 Å². The average molecular weight is 311 g/mol. The van der Waals surface area contributed by atoms with E-state index in [9.17, 15) is 9.90 Å². The smallest absolute Gasteiger partial charge is 0.309 e. The molecule has 0 amide bonds. The van der Waals surface area contributed by atoms with Gasteiger partial charge in [0, 0.05) is 0 Å². The van der Waals surface area contributed by atoms with Crippen molar-refractivity contribution in [3.05, 3.63) is 28.3 Å². The number of methoxy groups -OCH3 is 1. The molecular formula is C17H23ClO3. The predicted molar refractivity (Wildman–Crippen MR) is 84.3 cm³/mol. The van der Waals surface area contributed by atoms with Crippen molar-refractivity contribution in [1.29, 1.82) is 0 Å². The van der Waals surface area contributed by atoms with Gasteiger partial charge in [0.2, 0.25) is 0 Å². The third-order valence-corrected chi connectivity index (χ3v) is 4.64. The Labute approximate surface area is 131 Å². The summed E-state index contributed by atoms with van der Waals surface area (Å²) in [5.41, 5.74) is 1.30. The van der Waals surface area contributed by atoms with Gasteiger partial charge in [-0.2, -0.15) is 0 Å². The standard InChI is InChI=1S/C17H23ClO3/c1-17(2,16(19)20)10-11-8-13(12-6-4-5-7-12)15(21-3)14(18)9-11/h8-9,12H,4-7,10H2,1-3H3,(H,19,20). The minimum atomic E-state index is -0.801. The summed E-state index contributed by atoms with van der Waals surface area (Å²) >= 11 is 6.35. The van der Waals surface area contributed by atoms with E-state index in [-0.39, 0.29) is 0 Å². The number of carbonyl (C=O) groups is 1. The number of rotatable bonds is 5. The van der Waals surface area contributed by atoms with Crippen LogP contribution >= 0.6 is 11.6 Å². The molecule has 3 nitrogen and oxygen atoms in total. The first kappa shape index (κ1) is 16.2. The lowest BCUT2D eigenvalue weighted by atomic mass is 9.84.